The van der Waals surface area contributed by atoms with E-state index >= 15 is 0 Å². The second-order valence-electron chi connectivity index (χ2n) is 6.07. The maximum absolute atomic E-state index is 12.4. The summed E-state index contributed by atoms with van der Waals surface area (Å²) in [4.78, 5) is 36.5. The molecule has 0 radical (unpaired) electrons. The molecule has 1 saturated carbocycles. The van der Waals surface area contributed by atoms with E-state index in [-0.39, 0.29) is 29.7 Å². The number of amides is 2. The normalized spacial score (nSPS) is 26.6. The summed E-state index contributed by atoms with van der Waals surface area (Å²) in [7, 11) is 0. The lowest BCUT2D eigenvalue weighted by molar-refractivity contribution is -0.141. The highest BCUT2D eigenvalue weighted by Gasteiger charge is 2.36. The minimum atomic E-state index is -0.786. The maximum atomic E-state index is 12.4. The smallest absolute Gasteiger partial charge is 0.306 e. The molecule has 0 bridgehead atoms. The molecular formula is C15H24N2O4. The minimum Gasteiger partial charge on any atom is -0.481 e. The lowest BCUT2D eigenvalue weighted by Crippen LogP contribution is -2.47. The van der Waals surface area contributed by atoms with Crippen LogP contribution in [0.3, 0.4) is 0 Å². The minimum absolute atomic E-state index is 0.0554. The van der Waals surface area contributed by atoms with Crippen molar-refractivity contribution in [1.29, 1.82) is 0 Å². The molecule has 1 heterocycles. The van der Waals surface area contributed by atoms with Crippen molar-refractivity contribution >= 4 is 17.8 Å². The van der Waals surface area contributed by atoms with Crippen LogP contribution < -0.4 is 5.32 Å². The number of aliphatic carboxylic acids is 1. The number of rotatable bonds is 4. The van der Waals surface area contributed by atoms with Crippen LogP contribution in [0.2, 0.25) is 0 Å². The predicted octanol–water partition coefficient (Wildman–Crippen LogP) is 1.00. The zero-order chi connectivity index (χ0) is 15.4. The quantitative estimate of drug-likeness (QED) is 0.810. The van der Waals surface area contributed by atoms with Gasteiger partial charge < -0.3 is 15.3 Å². The number of hydrogen-bond donors (Lipinski definition) is 2. The Kier molecular flexibility index (Phi) is 5.20. The van der Waals surface area contributed by atoms with E-state index in [0.29, 0.717) is 38.8 Å². The van der Waals surface area contributed by atoms with Crippen molar-refractivity contribution in [2.45, 2.75) is 51.5 Å². The Bertz CT molecular complexity index is 416. The van der Waals surface area contributed by atoms with Crippen molar-refractivity contribution in [2.24, 2.45) is 11.8 Å². The number of hydrogen-bond acceptors (Lipinski definition) is 3. The zero-order valence-electron chi connectivity index (χ0n) is 12.5. The van der Waals surface area contributed by atoms with Crippen molar-refractivity contribution in [1.82, 2.24) is 10.2 Å². The first kappa shape index (κ1) is 15.8. The Labute approximate surface area is 124 Å². The van der Waals surface area contributed by atoms with Gasteiger partial charge in [0.2, 0.25) is 11.8 Å². The van der Waals surface area contributed by atoms with Crippen LogP contribution in [-0.4, -0.2) is 46.9 Å². The van der Waals surface area contributed by atoms with Gasteiger partial charge in [-0.05, 0) is 32.1 Å². The summed E-state index contributed by atoms with van der Waals surface area (Å²) < 4.78 is 0. The summed E-state index contributed by atoms with van der Waals surface area (Å²) in [5.41, 5.74) is 0. The fourth-order valence-electron chi connectivity index (χ4n) is 3.26. The molecule has 6 nitrogen and oxygen atoms in total. The molecule has 1 aliphatic heterocycles. The molecule has 6 heteroatoms. The van der Waals surface area contributed by atoms with Crippen molar-refractivity contribution in [3.05, 3.63) is 0 Å². The second kappa shape index (κ2) is 6.91. The van der Waals surface area contributed by atoms with E-state index in [1.165, 1.54) is 0 Å². The molecule has 2 unspecified atom stereocenters. The Morgan fingerprint density at radius 3 is 2.24 bits per heavy atom. The van der Waals surface area contributed by atoms with E-state index in [4.69, 9.17) is 5.11 Å². The van der Waals surface area contributed by atoms with Crippen LogP contribution in [0.5, 0.6) is 0 Å². The van der Waals surface area contributed by atoms with Gasteiger partial charge in [0.15, 0.2) is 0 Å². The third kappa shape index (κ3) is 3.95. The number of carboxylic acid groups (broad SMARTS) is 1. The van der Waals surface area contributed by atoms with Gasteiger partial charge in [-0.3, -0.25) is 14.4 Å². The second-order valence-corrected chi connectivity index (χ2v) is 6.07. The van der Waals surface area contributed by atoms with E-state index < -0.39 is 5.97 Å². The van der Waals surface area contributed by atoms with Gasteiger partial charge in [0.05, 0.1) is 5.92 Å². The first-order valence-electron chi connectivity index (χ1n) is 7.82. The number of carbonyl (C=O) groups is 3. The van der Waals surface area contributed by atoms with Crippen LogP contribution in [0.4, 0.5) is 0 Å². The lowest BCUT2D eigenvalue weighted by atomic mass is 10.00. The fraction of sp³-hybridized carbons (Fsp3) is 0.800. The van der Waals surface area contributed by atoms with Crippen LogP contribution >= 0.6 is 0 Å². The van der Waals surface area contributed by atoms with Gasteiger partial charge in [0, 0.05) is 31.5 Å². The van der Waals surface area contributed by atoms with Crippen LogP contribution in [0.25, 0.3) is 0 Å². The molecule has 1 aliphatic carbocycles. The Morgan fingerprint density at radius 1 is 1.10 bits per heavy atom. The summed E-state index contributed by atoms with van der Waals surface area (Å²) in [6.45, 7) is 3.14. The molecule has 2 aliphatic rings. The molecule has 2 atom stereocenters. The molecule has 0 aromatic rings. The van der Waals surface area contributed by atoms with Crippen molar-refractivity contribution in [3.8, 4) is 0 Å². The molecule has 2 fully saturated rings. The number of carbonyl (C=O) groups excluding carboxylic acids is 2. The molecule has 2 rings (SSSR count). The molecule has 2 amide bonds. The monoisotopic (exact) mass is 296 g/mol. The van der Waals surface area contributed by atoms with E-state index in [1.807, 2.05) is 11.8 Å². The highest BCUT2D eigenvalue weighted by Crippen LogP contribution is 2.32. The summed E-state index contributed by atoms with van der Waals surface area (Å²) in [6.07, 6.45) is 3.81. The molecule has 0 spiro atoms. The number of nitrogens with one attached hydrogen (secondary N) is 1. The number of likely N-dealkylation sites (tertiary alicyclic amines) is 1. The summed E-state index contributed by atoms with van der Waals surface area (Å²) >= 11 is 0. The van der Waals surface area contributed by atoms with Crippen LogP contribution in [0, 0.1) is 11.8 Å². The predicted molar refractivity (Wildman–Crippen MR) is 76.5 cm³/mol. The Hall–Kier alpha value is -1.59. The zero-order valence-corrected chi connectivity index (χ0v) is 12.5. The molecule has 0 aromatic carbocycles. The van der Waals surface area contributed by atoms with Gasteiger partial charge in [-0.2, -0.15) is 0 Å². The number of piperidine rings is 1. The van der Waals surface area contributed by atoms with Crippen molar-refractivity contribution < 1.29 is 19.5 Å². The standard InChI is InChI=1S/C15H24N2O4/c1-2-13(18)16-12-5-7-17(8-6-12)14(19)10-3-4-11(9-10)15(20)21/h10-12H,2-9H2,1H3,(H,16,18)(H,20,21). The van der Waals surface area contributed by atoms with Crippen LogP contribution in [-0.2, 0) is 14.4 Å². The highest BCUT2D eigenvalue weighted by atomic mass is 16.4. The molecule has 2 N–H and O–H groups in total. The number of nitrogens with zero attached hydrogens (tertiary/aromatic N) is 1. The van der Waals surface area contributed by atoms with Gasteiger partial charge >= 0.3 is 5.97 Å². The maximum Gasteiger partial charge on any atom is 0.306 e. The van der Waals surface area contributed by atoms with Gasteiger partial charge in [-0.1, -0.05) is 6.92 Å². The van der Waals surface area contributed by atoms with E-state index in [0.717, 1.165) is 12.8 Å². The van der Waals surface area contributed by atoms with Gasteiger partial charge in [0.1, 0.15) is 0 Å². The van der Waals surface area contributed by atoms with Crippen LogP contribution in [0.1, 0.15) is 45.4 Å². The molecule has 0 aromatic heterocycles. The highest BCUT2D eigenvalue weighted by molar-refractivity contribution is 5.81. The van der Waals surface area contributed by atoms with Crippen LogP contribution in [0.15, 0.2) is 0 Å². The average Bonchev–Trinajstić information content (AvgIpc) is 2.97. The Balaban J connectivity index is 1.78. The fourth-order valence-corrected chi connectivity index (χ4v) is 3.26. The summed E-state index contributed by atoms with van der Waals surface area (Å²) in [5.74, 6) is -1.13. The average molecular weight is 296 g/mol. The Morgan fingerprint density at radius 2 is 1.71 bits per heavy atom. The third-order valence-corrected chi connectivity index (χ3v) is 4.62. The van der Waals surface area contributed by atoms with Crippen molar-refractivity contribution in [2.75, 3.05) is 13.1 Å². The molecule has 118 valence electrons. The van der Waals surface area contributed by atoms with Crippen molar-refractivity contribution in [3.63, 3.8) is 0 Å². The van der Waals surface area contributed by atoms with E-state index in [1.54, 1.807) is 0 Å². The third-order valence-electron chi connectivity index (χ3n) is 4.62. The van der Waals surface area contributed by atoms with E-state index in [9.17, 15) is 14.4 Å². The summed E-state index contributed by atoms with van der Waals surface area (Å²) in [6, 6.07) is 0.164. The van der Waals surface area contributed by atoms with Gasteiger partial charge in [-0.15, -0.1) is 0 Å². The van der Waals surface area contributed by atoms with E-state index in [2.05, 4.69) is 5.32 Å². The van der Waals surface area contributed by atoms with Gasteiger partial charge in [-0.25, -0.2) is 0 Å². The SMILES string of the molecule is CCC(=O)NC1CCN(C(=O)C2CCC(C(=O)O)C2)CC1. The molecule has 21 heavy (non-hydrogen) atoms. The lowest BCUT2D eigenvalue weighted by Gasteiger charge is -2.34. The first-order chi connectivity index (χ1) is 10.0. The largest absolute Gasteiger partial charge is 0.481 e. The summed E-state index contributed by atoms with van der Waals surface area (Å²) in [5, 5.41) is 12.0. The molecule has 1 saturated heterocycles. The molecular weight excluding hydrogens is 272 g/mol. The van der Waals surface area contributed by atoms with Gasteiger partial charge in [0.25, 0.3) is 0 Å². The number of carboxylic acids is 1. The topological polar surface area (TPSA) is 86.7 Å². The first-order valence-corrected chi connectivity index (χ1v) is 7.82.